The van der Waals surface area contributed by atoms with Crippen LogP contribution in [-0.2, 0) is 6.42 Å². The van der Waals surface area contributed by atoms with Crippen molar-refractivity contribution < 1.29 is 0 Å². The van der Waals surface area contributed by atoms with Crippen LogP contribution >= 0.6 is 0 Å². The molecule has 2 rings (SSSR count). The predicted molar refractivity (Wildman–Crippen MR) is 80.1 cm³/mol. The summed E-state index contributed by atoms with van der Waals surface area (Å²) in [4.78, 5) is 0. The molecule has 0 bridgehead atoms. The van der Waals surface area contributed by atoms with Gasteiger partial charge < -0.3 is 5.73 Å². The SMILES string of the molecule is CCCC(C)(CN)Cc1ccn(C2CCCCC2)n1. The molecular formula is C16H29N3. The summed E-state index contributed by atoms with van der Waals surface area (Å²) in [5.74, 6) is 0. The molecule has 0 radical (unpaired) electrons. The summed E-state index contributed by atoms with van der Waals surface area (Å²) in [6.45, 7) is 5.27. The van der Waals surface area contributed by atoms with E-state index in [-0.39, 0.29) is 5.41 Å². The Morgan fingerprint density at radius 2 is 2.11 bits per heavy atom. The van der Waals surface area contributed by atoms with Crippen molar-refractivity contribution in [3.8, 4) is 0 Å². The number of hydrogen-bond acceptors (Lipinski definition) is 2. The van der Waals surface area contributed by atoms with Gasteiger partial charge in [-0.3, -0.25) is 4.68 Å². The molecule has 0 aromatic carbocycles. The number of hydrogen-bond donors (Lipinski definition) is 1. The molecule has 1 atom stereocenters. The topological polar surface area (TPSA) is 43.8 Å². The van der Waals surface area contributed by atoms with Gasteiger partial charge in [0.1, 0.15) is 0 Å². The molecule has 0 amide bonds. The normalized spacial score (nSPS) is 20.4. The van der Waals surface area contributed by atoms with Gasteiger partial charge in [-0.2, -0.15) is 5.10 Å². The largest absolute Gasteiger partial charge is 0.330 e. The number of nitrogens with zero attached hydrogens (tertiary/aromatic N) is 2. The zero-order valence-corrected chi connectivity index (χ0v) is 12.6. The lowest BCUT2D eigenvalue weighted by atomic mass is 9.81. The van der Waals surface area contributed by atoms with Gasteiger partial charge in [0.05, 0.1) is 11.7 Å². The van der Waals surface area contributed by atoms with Crippen molar-refractivity contribution in [1.82, 2.24) is 9.78 Å². The van der Waals surface area contributed by atoms with Crippen molar-refractivity contribution in [2.24, 2.45) is 11.1 Å². The number of aromatic nitrogens is 2. The van der Waals surface area contributed by atoms with E-state index in [9.17, 15) is 0 Å². The van der Waals surface area contributed by atoms with E-state index in [2.05, 4.69) is 30.8 Å². The maximum atomic E-state index is 5.96. The maximum absolute atomic E-state index is 5.96. The van der Waals surface area contributed by atoms with E-state index in [0.29, 0.717) is 6.04 Å². The Balaban J connectivity index is 1.99. The van der Waals surface area contributed by atoms with Crippen LogP contribution in [0.3, 0.4) is 0 Å². The highest BCUT2D eigenvalue weighted by atomic mass is 15.3. The molecule has 19 heavy (non-hydrogen) atoms. The molecule has 1 heterocycles. The molecule has 1 unspecified atom stereocenters. The second kappa shape index (κ2) is 6.56. The Bertz CT molecular complexity index is 379. The minimum absolute atomic E-state index is 0.209. The molecule has 0 aliphatic heterocycles. The Morgan fingerprint density at radius 3 is 2.74 bits per heavy atom. The highest BCUT2D eigenvalue weighted by Gasteiger charge is 2.24. The minimum atomic E-state index is 0.209. The van der Waals surface area contributed by atoms with Gasteiger partial charge in [-0.15, -0.1) is 0 Å². The molecule has 1 aliphatic carbocycles. The second-order valence-electron chi connectivity index (χ2n) is 6.52. The summed E-state index contributed by atoms with van der Waals surface area (Å²) >= 11 is 0. The zero-order chi connectivity index (χ0) is 13.7. The van der Waals surface area contributed by atoms with Crippen LogP contribution in [0.1, 0.15) is 70.5 Å². The molecular weight excluding hydrogens is 234 g/mol. The standard InChI is InChI=1S/C16H29N3/c1-3-10-16(2,13-17)12-14-9-11-19(18-14)15-7-5-4-6-8-15/h9,11,15H,3-8,10,12-13,17H2,1-2H3. The van der Waals surface area contributed by atoms with E-state index in [1.807, 2.05) is 0 Å². The summed E-state index contributed by atoms with van der Waals surface area (Å²) in [7, 11) is 0. The first kappa shape index (κ1) is 14.6. The third-order valence-corrected chi connectivity index (χ3v) is 4.57. The fraction of sp³-hybridized carbons (Fsp3) is 0.812. The number of rotatable bonds is 6. The molecule has 0 spiro atoms. The zero-order valence-electron chi connectivity index (χ0n) is 12.6. The molecule has 0 saturated heterocycles. The molecule has 108 valence electrons. The molecule has 1 fully saturated rings. The lowest BCUT2D eigenvalue weighted by Crippen LogP contribution is -2.29. The van der Waals surface area contributed by atoms with E-state index in [1.54, 1.807) is 0 Å². The van der Waals surface area contributed by atoms with Gasteiger partial charge in [0.15, 0.2) is 0 Å². The van der Waals surface area contributed by atoms with E-state index < -0.39 is 0 Å². The molecule has 3 heteroatoms. The minimum Gasteiger partial charge on any atom is -0.330 e. The van der Waals surface area contributed by atoms with Crippen LogP contribution in [0.2, 0.25) is 0 Å². The summed E-state index contributed by atoms with van der Waals surface area (Å²) in [5.41, 5.74) is 7.38. The molecule has 2 N–H and O–H groups in total. The Hall–Kier alpha value is -0.830. The van der Waals surface area contributed by atoms with Crippen molar-refractivity contribution >= 4 is 0 Å². The van der Waals surface area contributed by atoms with Crippen molar-refractivity contribution in [2.45, 2.75) is 71.3 Å². The number of nitrogens with two attached hydrogens (primary N) is 1. The van der Waals surface area contributed by atoms with E-state index in [1.165, 1.54) is 50.6 Å². The summed E-state index contributed by atoms with van der Waals surface area (Å²) in [6, 6.07) is 2.83. The van der Waals surface area contributed by atoms with Gasteiger partial charge >= 0.3 is 0 Å². The monoisotopic (exact) mass is 263 g/mol. The first-order chi connectivity index (χ1) is 9.17. The van der Waals surface area contributed by atoms with E-state index in [0.717, 1.165) is 13.0 Å². The van der Waals surface area contributed by atoms with Crippen LogP contribution in [0, 0.1) is 5.41 Å². The van der Waals surface area contributed by atoms with Gasteiger partial charge in [-0.25, -0.2) is 0 Å². The average molecular weight is 263 g/mol. The Labute approximate surface area is 117 Å². The fourth-order valence-corrected chi connectivity index (χ4v) is 3.32. The van der Waals surface area contributed by atoms with Crippen molar-refractivity contribution in [3.63, 3.8) is 0 Å². The quantitative estimate of drug-likeness (QED) is 0.850. The van der Waals surface area contributed by atoms with Gasteiger partial charge in [-0.05, 0) is 43.7 Å². The van der Waals surface area contributed by atoms with Gasteiger partial charge in [-0.1, -0.05) is 39.5 Å². The van der Waals surface area contributed by atoms with Gasteiger partial charge in [0.25, 0.3) is 0 Å². The first-order valence-corrected chi connectivity index (χ1v) is 7.91. The van der Waals surface area contributed by atoms with Crippen molar-refractivity contribution in [1.29, 1.82) is 0 Å². The first-order valence-electron chi connectivity index (χ1n) is 7.91. The molecule has 1 aromatic rings. The van der Waals surface area contributed by atoms with Gasteiger partial charge in [0.2, 0.25) is 0 Å². The van der Waals surface area contributed by atoms with E-state index >= 15 is 0 Å². The summed E-state index contributed by atoms with van der Waals surface area (Å²) in [6.07, 6.45) is 12.3. The lowest BCUT2D eigenvalue weighted by molar-refractivity contribution is 0.293. The highest BCUT2D eigenvalue weighted by Crippen LogP contribution is 2.29. The third kappa shape index (κ3) is 3.82. The molecule has 1 aliphatic rings. The van der Waals surface area contributed by atoms with Crippen LogP contribution in [-0.4, -0.2) is 16.3 Å². The maximum Gasteiger partial charge on any atom is 0.0630 e. The van der Waals surface area contributed by atoms with Gasteiger partial charge in [0, 0.05) is 6.20 Å². The summed E-state index contributed by atoms with van der Waals surface area (Å²) in [5, 5.41) is 4.81. The van der Waals surface area contributed by atoms with Crippen molar-refractivity contribution in [2.75, 3.05) is 6.54 Å². The lowest BCUT2D eigenvalue weighted by Gasteiger charge is -2.26. The average Bonchev–Trinajstić information content (AvgIpc) is 2.88. The smallest absolute Gasteiger partial charge is 0.0630 e. The Morgan fingerprint density at radius 1 is 1.37 bits per heavy atom. The van der Waals surface area contributed by atoms with Crippen LogP contribution in [0.15, 0.2) is 12.3 Å². The summed E-state index contributed by atoms with van der Waals surface area (Å²) < 4.78 is 2.21. The van der Waals surface area contributed by atoms with Crippen LogP contribution < -0.4 is 5.73 Å². The Kier molecular flexibility index (Phi) is 5.03. The van der Waals surface area contributed by atoms with Crippen molar-refractivity contribution in [3.05, 3.63) is 18.0 Å². The predicted octanol–water partition coefficient (Wildman–Crippen LogP) is 3.70. The fourth-order valence-electron chi connectivity index (χ4n) is 3.32. The van der Waals surface area contributed by atoms with Crippen LogP contribution in [0.5, 0.6) is 0 Å². The van der Waals surface area contributed by atoms with E-state index in [4.69, 9.17) is 10.8 Å². The second-order valence-corrected chi connectivity index (χ2v) is 6.52. The third-order valence-electron chi connectivity index (χ3n) is 4.57. The van der Waals surface area contributed by atoms with Crippen LogP contribution in [0.4, 0.5) is 0 Å². The highest BCUT2D eigenvalue weighted by molar-refractivity contribution is 5.04. The molecule has 1 saturated carbocycles. The molecule has 1 aromatic heterocycles. The van der Waals surface area contributed by atoms with Crippen LogP contribution in [0.25, 0.3) is 0 Å². The molecule has 3 nitrogen and oxygen atoms in total.